The van der Waals surface area contributed by atoms with Crippen LogP contribution in [-0.4, -0.2) is 19.1 Å². The second-order valence-electron chi connectivity index (χ2n) is 7.39. The molecule has 0 bridgehead atoms. The third kappa shape index (κ3) is 6.82. The Kier molecular flexibility index (Phi) is 7.75. The number of rotatable bonds is 9. The zero-order valence-corrected chi connectivity index (χ0v) is 19.2. The number of nitro benzene ring substituents is 1. The zero-order valence-electron chi connectivity index (χ0n) is 17.6. The van der Waals surface area contributed by atoms with Crippen LogP contribution in [0.15, 0.2) is 83.8 Å². The molecule has 0 amide bonds. The van der Waals surface area contributed by atoms with Crippen LogP contribution in [-0.2, 0) is 14.8 Å². The Labute approximate surface area is 196 Å². The van der Waals surface area contributed by atoms with E-state index in [9.17, 15) is 23.3 Å². The van der Waals surface area contributed by atoms with E-state index in [0.29, 0.717) is 10.6 Å². The van der Waals surface area contributed by atoms with E-state index in [-0.39, 0.29) is 22.8 Å². The van der Waals surface area contributed by atoms with E-state index in [1.807, 2.05) is 6.92 Å². The Hall–Kier alpha value is -3.33. The minimum atomic E-state index is -3.94. The zero-order chi connectivity index (χ0) is 24.0. The highest BCUT2D eigenvalue weighted by Crippen LogP contribution is 2.24. The molecule has 3 rings (SSSR count). The standard InChI is InChI=1S/C24H21ClN2O5S/c1-17-2-14-23(15-3-17)33(31,32)26-24(19-7-11-21(12-8-19)27(29)30)16-22(28)13-6-18-4-9-20(25)10-5-18/h2-15,24,26H,16H2,1H3/b13-6+. The number of nitrogens with one attached hydrogen (secondary N) is 1. The molecule has 7 nitrogen and oxygen atoms in total. The Morgan fingerprint density at radius 2 is 1.64 bits per heavy atom. The largest absolute Gasteiger partial charge is 0.295 e. The van der Waals surface area contributed by atoms with Gasteiger partial charge in [-0.2, -0.15) is 0 Å². The molecule has 0 aliphatic rings. The summed E-state index contributed by atoms with van der Waals surface area (Å²) in [6, 6.07) is 17.7. The van der Waals surface area contributed by atoms with E-state index < -0.39 is 21.0 Å². The smallest absolute Gasteiger partial charge is 0.269 e. The van der Waals surface area contributed by atoms with Gasteiger partial charge in [-0.3, -0.25) is 14.9 Å². The third-order valence-electron chi connectivity index (χ3n) is 4.87. The van der Waals surface area contributed by atoms with Gasteiger partial charge >= 0.3 is 0 Å². The highest BCUT2D eigenvalue weighted by atomic mass is 35.5. The number of hydrogen-bond donors (Lipinski definition) is 1. The number of carbonyl (C=O) groups is 1. The van der Waals surface area contributed by atoms with Crippen LogP contribution < -0.4 is 4.72 Å². The number of non-ortho nitro benzene ring substituents is 1. The molecule has 0 saturated heterocycles. The molecule has 0 fully saturated rings. The van der Waals surface area contributed by atoms with Gasteiger partial charge < -0.3 is 0 Å². The highest BCUT2D eigenvalue weighted by Gasteiger charge is 2.23. The molecule has 1 atom stereocenters. The maximum absolute atomic E-state index is 12.9. The number of halogens is 1. The van der Waals surface area contributed by atoms with Crippen LogP contribution in [0.1, 0.15) is 29.2 Å². The summed E-state index contributed by atoms with van der Waals surface area (Å²) in [5.41, 5.74) is 1.97. The number of allylic oxidation sites excluding steroid dienone is 1. The molecule has 0 spiro atoms. The van der Waals surface area contributed by atoms with E-state index >= 15 is 0 Å². The monoisotopic (exact) mass is 484 g/mol. The van der Waals surface area contributed by atoms with Crippen molar-refractivity contribution in [1.29, 1.82) is 0 Å². The fourth-order valence-corrected chi connectivity index (χ4v) is 4.41. The van der Waals surface area contributed by atoms with Crippen LogP contribution in [0, 0.1) is 17.0 Å². The molecule has 0 radical (unpaired) electrons. The van der Waals surface area contributed by atoms with Gasteiger partial charge in [0.1, 0.15) is 0 Å². The minimum absolute atomic E-state index is 0.0594. The topological polar surface area (TPSA) is 106 Å². The Bertz CT molecular complexity index is 1270. The molecule has 0 aromatic heterocycles. The molecule has 0 heterocycles. The molecule has 1 unspecified atom stereocenters. The predicted molar refractivity (Wildman–Crippen MR) is 127 cm³/mol. The van der Waals surface area contributed by atoms with E-state index in [4.69, 9.17) is 11.6 Å². The summed E-state index contributed by atoms with van der Waals surface area (Å²) in [6.45, 7) is 1.84. The van der Waals surface area contributed by atoms with Crippen molar-refractivity contribution < 1.29 is 18.1 Å². The first-order valence-electron chi connectivity index (χ1n) is 9.94. The molecule has 0 aliphatic carbocycles. The quantitative estimate of drug-likeness (QED) is 0.253. The average Bonchev–Trinajstić information content (AvgIpc) is 2.78. The predicted octanol–water partition coefficient (Wildman–Crippen LogP) is 5.25. The lowest BCUT2D eigenvalue weighted by atomic mass is 10.0. The first kappa shape index (κ1) is 24.3. The second kappa shape index (κ2) is 10.5. The van der Waals surface area contributed by atoms with Crippen molar-refractivity contribution >= 4 is 39.2 Å². The summed E-state index contributed by atoms with van der Waals surface area (Å²) < 4.78 is 28.4. The summed E-state index contributed by atoms with van der Waals surface area (Å²) in [5.74, 6) is -0.320. The number of aryl methyl sites for hydroxylation is 1. The number of benzene rings is 3. The maximum atomic E-state index is 12.9. The average molecular weight is 485 g/mol. The lowest BCUT2D eigenvalue weighted by molar-refractivity contribution is -0.384. The van der Waals surface area contributed by atoms with Crippen LogP contribution in [0.5, 0.6) is 0 Å². The van der Waals surface area contributed by atoms with Crippen LogP contribution in [0.4, 0.5) is 5.69 Å². The molecular weight excluding hydrogens is 464 g/mol. The van der Waals surface area contributed by atoms with Gasteiger partial charge in [0.05, 0.1) is 15.9 Å². The summed E-state index contributed by atoms with van der Waals surface area (Å²) in [7, 11) is -3.94. The Morgan fingerprint density at radius 1 is 1.03 bits per heavy atom. The lowest BCUT2D eigenvalue weighted by Gasteiger charge is -2.18. The van der Waals surface area contributed by atoms with Gasteiger partial charge in [0.2, 0.25) is 10.0 Å². The van der Waals surface area contributed by atoms with Gasteiger partial charge in [0.15, 0.2) is 5.78 Å². The number of nitrogens with zero attached hydrogens (tertiary/aromatic N) is 1. The number of ketones is 1. The molecule has 1 N–H and O–H groups in total. The fraction of sp³-hybridized carbons (Fsp3) is 0.125. The van der Waals surface area contributed by atoms with Crippen molar-refractivity contribution in [2.75, 3.05) is 0 Å². The van der Waals surface area contributed by atoms with Gasteiger partial charge in [-0.1, -0.05) is 59.6 Å². The lowest BCUT2D eigenvalue weighted by Crippen LogP contribution is -2.30. The molecule has 3 aromatic rings. The highest BCUT2D eigenvalue weighted by molar-refractivity contribution is 7.89. The second-order valence-corrected chi connectivity index (χ2v) is 9.54. The summed E-state index contributed by atoms with van der Waals surface area (Å²) >= 11 is 5.86. The van der Waals surface area contributed by atoms with E-state index in [1.54, 1.807) is 42.5 Å². The van der Waals surface area contributed by atoms with Gasteiger partial charge in [-0.25, -0.2) is 13.1 Å². The fourth-order valence-electron chi connectivity index (χ4n) is 3.06. The first-order valence-corrected chi connectivity index (χ1v) is 11.8. The van der Waals surface area contributed by atoms with Crippen molar-refractivity contribution in [3.05, 3.63) is 111 Å². The number of nitro groups is 1. The molecular formula is C24H21ClN2O5S. The molecule has 0 saturated carbocycles. The van der Waals surface area contributed by atoms with Crippen molar-refractivity contribution in [2.24, 2.45) is 0 Å². The van der Waals surface area contributed by atoms with Crippen LogP contribution in [0.2, 0.25) is 5.02 Å². The number of hydrogen-bond acceptors (Lipinski definition) is 5. The molecule has 3 aromatic carbocycles. The van der Waals surface area contributed by atoms with Crippen molar-refractivity contribution in [3.63, 3.8) is 0 Å². The van der Waals surface area contributed by atoms with Crippen LogP contribution >= 0.6 is 11.6 Å². The Balaban J connectivity index is 1.86. The molecule has 33 heavy (non-hydrogen) atoms. The van der Waals surface area contributed by atoms with Gasteiger partial charge in [0.25, 0.3) is 5.69 Å². The van der Waals surface area contributed by atoms with Crippen molar-refractivity contribution in [1.82, 2.24) is 4.72 Å². The summed E-state index contributed by atoms with van der Waals surface area (Å²) in [5, 5.41) is 11.5. The molecule has 9 heteroatoms. The van der Waals surface area contributed by atoms with Crippen molar-refractivity contribution in [2.45, 2.75) is 24.3 Å². The summed E-state index contributed by atoms with van der Waals surface area (Å²) in [6.07, 6.45) is 2.80. The van der Waals surface area contributed by atoms with Crippen LogP contribution in [0.3, 0.4) is 0 Å². The minimum Gasteiger partial charge on any atom is -0.295 e. The number of carbonyl (C=O) groups excluding carboxylic acids is 1. The Morgan fingerprint density at radius 3 is 2.21 bits per heavy atom. The SMILES string of the molecule is Cc1ccc(S(=O)(=O)NC(CC(=O)/C=C/c2ccc(Cl)cc2)c2ccc([N+](=O)[O-])cc2)cc1. The van der Waals surface area contributed by atoms with Gasteiger partial charge in [-0.15, -0.1) is 0 Å². The molecule has 170 valence electrons. The van der Waals surface area contributed by atoms with E-state index in [0.717, 1.165) is 11.1 Å². The maximum Gasteiger partial charge on any atom is 0.269 e. The normalized spacial score (nSPS) is 12.5. The first-order chi connectivity index (χ1) is 15.6. The van der Waals surface area contributed by atoms with Gasteiger partial charge in [-0.05, 0) is 48.4 Å². The van der Waals surface area contributed by atoms with E-state index in [1.165, 1.54) is 42.5 Å². The number of sulfonamides is 1. The van der Waals surface area contributed by atoms with E-state index in [2.05, 4.69) is 4.72 Å². The van der Waals surface area contributed by atoms with Crippen LogP contribution in [0.25, 0.3) is 6.08 Å². The van der Waals surface area contributed by atoms with Gasteiger partial charge in [0, 0.05) is 23.6 Å². The van der Waals surface area contributed by atoms with Crippen molar-refractivity contribution in [3.8, 4) is 0 Å². The molecule has 0 aliphatic heterocycles. The third-order valence-corrected chi connectivity index (χ3v) is 6.61. The summed E-state index contributed by atoms with van der Waals surface area (Å²) in [4.78, 5) is 23.1.